The zero-order valence-corrected chi connectivity index (χ0v) is 49.2. The molecule has 0 aromatic carbocycles. The van der Waals surface area contributed by atoms with E-state index in [1.807, 2.05) is 0 Å². The van der Waals surface area contributed by atoms with Gasteiger partial charge in [-0.3, -0.25) is 4.79 Å². The van der Waals surface area contributed by atoms with E-state index in [9.17, 15) is 40.5 Å². The van der Waals surface area contributed by atoms with E-state index in [2.05, 4.69) is 55.6 Å². The molecule has 76 heavy (non-hydrogen) atoms. The smallest absolute Gasteiger partial charge is 0.249 e. The lowest BCUT2D eigenvalue weighted by Crippen LogP contribution is -2.60. The van der Waals surface area contributed by atoms with Crippen LogP contribution in [0.4, 0.5) is 0 Å². The van der Waals surface area contributed by atoms with E-state index < -0.39 is 74.2 Å². The number of rotatable bonds is 56. The summed E-state index contributed by atoms with van der Waals surface area (Å²) in [5.74, 6) is -0.708. The molecule has 1 fully saturated rings. The molecule has 448 valence electrons. The summed E-state index contributed by atoms with van der Waals surface area (Å²) in [6.07, 6.45) is 56.7. The zero-order chi connectivity index (χ0) is 55.4. The molecular formula is C65H123NO10. The number of nitrogens with one attached hydrogen (secondary N) is 1. The van der Waals surface area contributed by atoms with Gasteiger partial charge < -0.3 is 50.5 Å². The third-order valence-corrected chi connectivity index (χ3v) is 15.7. The number of amides is 1. The van der Waals surface area contributed by atoms with Crippen LogP contribution in [-0.2, 0) is 14.3 Å². The Labute approximate surface area is 467 Å². The Morgan fingerprint density at radius 3 is 1.16 bits per heavy atom. The summed E-state index contributed by atoms with van der Waals surface area (Å²) in [6, 6.07) is -1.19. The number of unbranched alkanes of at least 4 members (excludes halogenated alkanes) is 38. The molecule has 0 aromatic rings. The summed E-state index contributed by atoms with van der Waals surface area (Å²) < 4.78 is 11.1. The minimum absolute atomic E-state index is 0.242. The molecule has 8 N–H and O–H groups in total. The highest BCUT2D eigenvalue weighted by Crippen LogP contribution is 2.24. The Morgan fingerprint density at radius 2 is 0.789 bits per heavy atom. The van der Waals surface area contributed by atoms with Gasteiger partial charge in [-0.1, -0.05) is 281 Å². The first-order valence-electron chi connectivity index (χ1n) is 32.4. The number of allylic oxidation sites excluding steroid dienone is 6. The van der Waals surface area contributed by atoms with Crippen molar-refractivity contribution in [3.8, 4) is 0 Å². The first-order chi connectivity index (χ1) is 37.2. The van der Waals surface area contributed by atoms with Crippen molar-refractivity contribution < 1.29 is 50.0 Å². The predicted octanol–water partition coefficient (Wildman–Crippen LogP) is 14.6. The standard InChI is InChI=1S/C65H123NO10/c1-3-5-7-9-11-13-15-17-19-20-21-22-23-24-25-26-27-28-29-30-31-32-33-34-35-36-37-39-41-43-45-47-49-51-53-58(69)64(74)66-56(55-75-65-63(73)62(72)61(71)59(54-67)76-65)60(70)57(68)52-50-48-46-44-42-40-38-18-16-14-12-10-8-6-4-2/h10,12,18,38,44,46,56-63,65,67-73H,3-9,11,13-17,19-37,39-43,45,47-55H2,1-2H3,(H,66,74)/b12-10+,38-18+,46-44+. The van der Waals surface area contributed by atoms with Gasteiger partial charge in [0, 0.05) is 0 Å². The highest BCUT2D eigenvalue weighted by molar-refractivity contribution is 5.80. The van der Waals surface area contributed by atoms with Crippen LogP contribution < -0.4 is 5.32 Å². The van der Waals surface area contributed by atoms with Crippen LogP contribution >= 0.6 is 0 Å². The molecule has 0 radical (unpaired) electrons. The normalized spacial score (nSPS) is 19.8. The molecular weight excluding hydrogens is 955 g/mol. The lowest BCUT2D eigenvalue weighted by Gasteiger charge is -2.40. The maximum Gasteiger partial charge on any atom is 0.249 e. The number of aliphatic hydroxyl groups excluding tert-OH is 7. The van der Waals surface area contributed by atoms with Crippen molar-refractivity contribution >= 4 is 5.91 Å². The quantitative estimate of drug-likeness (QED) is 0.0215. The molecule has 11 nitrogen and oxygen atoms in total. The zero-order valence-electron chi connectivity index (χ0n) is 49.2. The Bertz CT molecular complexity index is 1330. The van der Waals surface area contributed by atoms with Crippen molar-refractivity contribution in [3.63, 3.8) is 0 Å². The Morgan fingerprint density at radius 1 is 0.447 bits per heavy atom. The average Bonchev–Trinajstić information content (AvgIpc) is 3.42. The minimum atomic E-state index is -1.67. The third-order valence-electron chi connectivity index (χ3n) is 15.7. The van der Waals surface area contributed by atoms with Crippen LogP contribution in [0.15, 0.2) is 36.5 Å². The molecule has 9 atom stereocenters. The second-order valence-corrected chi connectivity index (χ2v) is 22.8. The summed E-state index contributed by atoms with van der Waals surface area (Å²) in [7, 11) is 0. The molecule has 0 saturated carbocycles. The number of carbonyl (C=O) groups excluding carboxylic acids is 1. The van der Waals surface area contributed by atoms with Crippen molar-refractivity contribution in [3.05, 3.63) is 36.5 Å². The van der Waals surface area contributed by atoms with Gasteiger partial charge in [0.25, 0.3) is 0 Å². The molecule has 0 aliphatic carbocycles. The van der Waals surface area contributed by atoms with Gasteiger partial charge >= 0.3 is 0 Å². The van der Waals surface area contributed by atoms with Crippen molar-refractivity contribution in [1.82, 2.24) is 5.32 Å². The highest BCUT2D eigenvalue weighted by Gasteiger charge is 2.44. The lowest BCUT2D eigenvalue weighted by molar-refractivity contribution is -0.303. The van der Waals surface area contributed by atoms with E-state index in [1.54, 1.807) is 0 Å². The molecule has 9 unspecified atom stereocenters. The van der Waals surface area contributed by atoms with E-state index in [4.69, 9.17) is 9.47 Å². The fraction of sp³-hybridized carbons (Fsp3) is 0.892. The lowest BCUT2D eigenvalue weighted by atomic mass is 9.98. The van der Waals surface area contributed by atoms with Gasteiger partial charge in [-0.05, 0) is 57.8 Å². The second kappa shape index (κ2) is 53.9. The Balaban J connectivity index is 2.16. The van der Waals surface area contributed by atoms with Crippen LogP contribution in [-0.4, -0.2) is 110 Å². The fourth-order valence-electron chi connectivity index (χ4n) is 10.4. The Kier molecular flexibility index (Phi) is 51.3. The molecule has 1 aliphatic rings. The van der Waals surface area contributed by atoms with Crippen LogP contribution in [0.3, 0.4) is 0 Å². The molecule has 1 aliphatic heterocycles. The van der Waals surface area contributed by atoms with Crippen molar-refractivity contribution in [2.75, 3.05) is 13.2 Å². The molecule has 11 heteroatoms. The number of aliphatic hydroxyl groups is 7. The van der Waals surface area contributed by atoms with Gasteiger partial charge in [0.1, 0.15) is 36.6 Å². The molecule has 0 aromatic heterocycles. The maximum absolute atomic E-state index is 13.2. The van der Waals surface area contributed by atoms with Gasteiger partial charge in [0.15, 0.2) is 6.29 Å². The first-order valence-corrected chi connectivity index (χ1v) is 32.4. The maximum atomic E-state index is 13.2. The van der Waals surface area contributed by atoms with E-state index >= 15 is 0 Å². The largest absolute Gasteiger partial charge is 0.394 e. The fourth-order valence-corrected chi connectivity index (χ4v) is 10.4. The molecule has 1 amide bonds. The van der Waals surface area contributed by atoms with Crippen molar-refractivity contribution in [1.29, 1.82) is 0 Å². The van der Waals surface area contributed by atoms with Crippen molar-refractivity contribution in [2.24, 2.45) is 0 Å². The SMILES string of the molecule is CCCC/C=C/CC/C=C/CC/C=C/CCCC(O)C(O)C(COC1OC(CO)C(O)C(O)C1O)NC(=O)C(O)CCCCCCCCCCCCCCCCCCCCCCCCCCCCCCCCCCCC. The summed E-state index contributed by atoms with van der Waals surface area (Å²) in [4.78, 5) is 13.2. The van der Waals surface area contributed by atoms with Crippen molar-refractivity contribution in [2.45, 2.75) is 358 Å². The van der Waals surface area contributed by atoms with Gasteiger partial charge in [-0.2, -0.15) is 0 Å². The summed E-state index contributed by atoms with van der Waals surface area (Å²) in [5, 5.41) is 76.1. The predicted molar refractivity (Wildman–Crippen MR) is 316 cm³/mol. The first kappa shape index (κ1) is 72.3. The number of hydrogen-bond donors (Lipinski definition) is 8. The highest BCUT2D eigenvalue weighted by atomic mass is 16.7. The molecule has 1 saturated heterocycles. The van der Waals surface area contributed by atoms with Gasteiger partial charge in [0.2, 0.25) is 5.91 Å². The molecule has 1 heterocycles. The van der Waals surface area contributed by atoms with Crippen LogP contribution in [0.1, 0.15) is 303 Å². The average molecular weight is 1080 g/mol. The monoisotopic (exact) mass is 1080 g/mol. The van der Waals surface area contributed by atoms with Gasteiger partial charge in [-0.25, -0.2) is 0 Å². The third kappa shape index (κ3) is 41.4. The minimum Gasteiger partial charge on any atom is -0.394 e. The van der Waals surface area contributed by atoms with Gasteiger partial charge in [0.05, 0.1) is 25.4 Å². The molecule has 1 rings (SSSR count). The van der Waals surface area contributed by atoms with Crippen LogP contribution in [0, 0.1) is 0 Å². The van der Waals surface area contributed by atoms with Crippen LogP contribution in [0.5, 0.6) is 0 Å². The van der Waals surface area contributed by atoms with E-state index in [-0.39, 0.29) is 12.8 Å². The summed E-state index contributed by atoms with van der Waals surface area (Å²) in [6.45, 7) is 3.42. The topological polar surface area (TPSA) is 189 Å². The van der Waals surface area contributed by atoms with Gasteiger partial charge in [-0.15, -0.1) is 0 Å². The summed E-state index contributed by atoms with van der Waals surface area (Å²) >= 11 is 0. The summed E-state index contributed by atoms with van der Waals surface area (Å²) in [5.41, 5.74) is 0. The molecule has 0 spiro atoms. The number of carbonyl (C=O) groups is 1. The number of ether oxygens (including phenoxy) is 2. The van der Waals surface area contributed by atoms with E-state index in [0.717, 1.165) is 51.4 Å². The van der Waals surface area contributed by atoms with Crippen LogP contribution in [0.2, 0.25) is 0 Å². The van der Waals surface area contributed by atoms with Crippen LogP contribution in [0.25, 0.3) is 0 Å². The van der Waals surface area contributed by atoms with E-state index in [1.165, 1.54) is 205 Å². The Hall–Kier alpha value is -1.67. The van der Waals surface area contributed by atoms with E-state index in [0.29, 0.717) is 19.3 Å². The molecule has 0 bridgehead atoms. The number of hydrogen-bond acceptors (Lipinski definition) is 10. The second-order valence-electron chi connectivity index (χ2n) is 22.8.